The highest BCUT2D eigenvalue weighted by molar-refractivity contribution is 7.97. The van der Waals surface area contributed by atoms with E-state index in [1.807, 2.05) is 82.3 Å². The lowest BCUT2D eigenvalue weighted by molar-refractivity contribution is 0.0954. The average Bonchev–Trinajstić information content (AvgIpc) is 3.54. The summed E-state index contributed by atoms with van der Waals surface area (Å²) < 4.78 is 11.1. The van der Waals surface area contributed by atoms with Crippen molar-refractivity contribution >= 4 is 46.3 Å². The SMILES string of the molecule is Cc1cc(OCCCc2c(C(=O)NSCCNC(=O)c3cc(C)n(Cc4ccncc4)c3C)[nH]c3ccccc23)cc(C)c1Cl. The number of aromatic amines is 1. The first kappa shape index (κ1) is 32.2. The van der Waals surface area contributed by atoms with Gasteiger partial charge in [0.2, 0.25) is 0 Å². The van der Waals surface area contributed by atoms with Gasteiger partial charge in [-0.15, -0.1) is 0 Å². The third kappa shape index (κ3) is 7.72. The number of carbonyl (C=O) groups excluding carboxylic acids is 2. The van der Waals surface area contributed by atoms with E-state index in [4.69, 9.17) is 16.3 Å². The molecular formula is C35H38ClN5O3S. The molecule has 234 valence electrons. The van der Waals surface area contributed by atoms with Crippen molar-refractivity contribution < 1.29 is 14.3 Å². The van der Waals surface area contributed by atoms with E-state index >= 15 is 0 Å². The number of carbonyl (C=O) groups is 2. The number of pyridine rings is 1. The third-order valence-corrected chi connectivity index (χ3v) is 9.19. The van der Waals surface area contributed by atoms with Crippen molar-refractivity contribution in [1.29, 1.82) is 0 Å². The molecule has 0 bridgehead atoms. The maximum atomic E-state index is 13.2. The van der Waals surface area contributed by atoms with Crippen LogP contribution >= 0.6 is 23.5 Å². The second kappa shape index (κ2) is 14.7. The number of halogens is 1. The molecule has 10 heteroatoms. The fourth-order valence-corrected chi connectivity index (χ4v) is 6.15. The molecule has 0 unspecified atom stereocenters. The Kier molecular flexibility index (Phi) is 10.5. The monoisotopic (exact) mass is 643 g/mol. The van der Waals surface area contributed by atoms with E-state index in [9.17, 15) is 9.59 Å². The van der Waals surface area contributed by atoms with Crippen LogP contribution in [0.15, 0.2) is 67.0 Å². The minimum Gasteiger partial charge on any atom is -0.494 e. The van der Waals surface area contributed by atoms with E-state index in [2.05, 4.69) is 24.6 Å². The number of aryl methyl sites for hydroxylation is 4. The summed E-state index contributed by atoms with van der Waals surface area (Å²) in [5.41, 5.74) is 8.12. The van der Waals surface area contributed by atoms with Gasteiger partial charge in [-0.1, -0.05) is 29.8 Å². The second-order valence-electron chi connectivity index (χ2n) is 11.1. The molecule has 3 N–H and O–H groups in total. The quantitative estimate of drug-likeness (QED) is 0.0937. The summed E-state index contributed by atoms with van der Waals surface area (Å²) in [4.78, 5) is 33.6. The Hall–Kier alpha value is -4.21. The summed E-state index contributed by atoms with van der Waals surface area (Å²) in [5, 5.41) is 4.77. The molecule has 0 atom stereocenters. The van der Waals surface area contributed by atoms with Crippen molar-refractivity contribution in [2.45, 2.75) is 47.1 Å². The fraction of sp³-hybridized carbons (Fsp3) is 0.286. The molecule has 0 saturated carbocycles. The van der Waals surface area contributed by atoms with Gasteiger partial charge in [-0.2, -0.15) is 0 Å². The lowest BCUT2D eigenvalue weighted by Gasteiger charge is -2.11. The standard InChI is InChI=1S/C35H38ClN5O3S/c1-22-18-27(19-23(2)32(22)36)44-16-7-9-29-28-8-5-6-10-31(28)39-33(29)35(43)40-45-17-15-38-34(42)30-20-24(3)41(25(30)4)21-26-11-13-37-14-12-26/h5-6,8,10-14,18-20,39H,7,9,15-17,21H2,1-4H3,(H,38,42)(H,40,43). The van der Waals surface area contributed by atoms with Crippen LogP contribution in [0.3, 0.4) is 0 Å². The smallest absolute Gasteiger partial charge is 0.277 e. The van der Waals surface area contributed by atoms with Crippen LogP contribution in [-0.2, 0) is 13.0 Å². The topological polar surface area (TPSA) is 101 Å². The number of ether oxygens (including phenoxy) is 1. The molecule has 2 amide bonds. The predicted molar refractivity (Wildman–Crippen MR) is 183 cm³/mol. The van der Waals surface area contributed by atoms with Crippen LogP contribution in [0.25, 0.3) is 10.9 Å². The fourth-order valence-electron chi connectivity index (χ4n) is 5.51. The number of nitrogens with zero attached hydrogens (tertiary/aromatic N) is 2. The van der Waals surface area contributed by atoms with Gasteiger partial charge in [0, 0.05) is 58.5 Å². The maximum Gasteiger partial charge on any atom is 0.277 e. The Morgan fingerprint density at radius 1 is 1.00 bits per heavy atom. The molecule has 0 aliphatic rings. The summed E-state index contributed by atoms with van der Waals surface area (Å²) in [5.74, 6) is 1.00. The van der Waals surface area contributed by atoms with E-state index in [1.54, 1.807) is 12.4 Å². The normalized spacial score (nSPS) is 11.1. The molecule has 0 spiro atoms. The Balaban J connectivity index is 1.12. The van der Waals surface area contributed by atoms with E-state index in [0.717, 1.165) is 61.7 Å². The van der Waals surface area contributed by atoms with Gasteiger partial charge in [0.25, 0.3) is 11.8 Å². The molecule has 0 fully saturated rings. The van der Waals surface area contributed by atoms with Gasteiger partial charge in [-0.25, -0.2) is 0 Å². The largest absolute Gasteiger partial charge is 0.494 e. The number of nitrogens with one attached hydrogen (secondary N) is 3. The zero-order valence-corrected chi connectivity index (χ0v) is 27.6. The van der Waals surface area contributed by atoms with Crippen LogP contribution in [-0.4, -0.2) is 45.3 Å². The van der Waals surface area contributed by atoms with Crippen LogP contribution in [0, 0.1) is 27.7 Å². The van der Waals surface area contributed by atoms with E-state index in [1.165, 1.54) is 11.9 Å². The summed E-state index contributed by atoms with van der Waals surface area (Å²) in [6, 6.07) is 17.7. The Labute approximate surface area is 273 Å². The minimum absolute atomic E-state index is 0.125. The number of hydrogen-bond acceptors (Lipinski definition) is 5. The number of rotatable bonds is 13. The zero-order valence-electron chi connectivity index (χ0n) is 26.0. The molecular weight excluding hydrogens is 606 g/mol. The van der Waals surface area contributed by atoms with Crippen LogP contribution in [0.5, 0.6) is 5.75 Å². The number of hydrogen-bond donors (Lipinski definition) is 3. The Morgan fingerprint density at radius 3 is 2.49 bits per heavy atom. The summed E-state index contributed by atoms with van der Waals surface area (Å²) in [7, 11) is 0. The first-order valence-electron chi connectivity index (χ1n) is 15.0. The number of H-pyrrole nitrogens is 1. The van der Waals surface area contributed by atoms with E-state index in [0.29, 0.717) is 43.1 Å². The lowest BCUT2D eigenvalue weighted by Crippen LogP contribution is -2.28. The molecule has 0 radical (unpaired) electrons. The van der Waals surface area contributed by atoms with Gasteiger partial charge in [-0.05, 0) is 111 Å². The lowest BCUT2D eigenvalue weighted by atomic mass is 10.1. The van der Waals surface area contributed by atoms with Crippen molar-refractivity contribution in [3.63, 3.8) is 0 Å². The molecule has 8 nitrogen and oxygen atoms in total. The zero-order chi connectivity index (χ0) is 31.9. The first-order valence-corrected chi connectivity index (χ1v) is 16.3. The summed E-state index contributed by atoms with van der Waals surface area (Å²) >= 11 is 7.56. The molecule has 2 aromatic carbocycles. The Bertz CT molecular complexity index is 1790. The summed E-state index contributed by atoms with van der Waals surface area (Å²) in [6.45, 7) is 9.51. The Morgan fingerprint density at radius 2 is 1.73 bits per heavy atom. The second-order valence-corrected chi connectivity index (χ2v) is 12.4. The number of amides is 2. The highest BCUT2D eigenvalue weighted by Crippen LogP contribution is 2.27. The molecule has 3 heterocycles. The van der Waals surface area contributed by atoms with Gasteiger partial charge in [0.05, 0.1) is 12.2 Å². The number of benzene rings is 2. The van der Waals surface area contributed by atoms with Crippen molar-refractivity contribution in [2.24, 2.45) is 0 Å². The number of para-hydroxylation sites is 1. The maximum absolute atomic E-state index is 13.2. The van der Waals surface area contributed by atoms with Gasteiger partial charge >= 0.3 is 0 Å². The molecule has 0 aliphatic heterocycles. The van der Waals surface area contributed by atoms with Gasteiger partial charge in [0.1, 0.15) is 11.4 Å². The average molecular weight is 644 g/mol. The van der Waals surface area contributed by atoms with Gasteiger partial charge in [0.15, 0.2) is 0 Å². The first-order chi connectivity index (χ1) is 21.7. The van der Waals surface area contributed by atoms with Gasteiger partial charge < -0.3 is 19.6 Å². The van der Waals surface area contributed by atoms with Crippen molar-refractivity contribution in [2.75, 3.05) is 18.9 Å². The molecule has 5 aromatic rings. The third-order valence-electron chi connectivity index (χ3n) is 7.85. The highest BCUT2D eigenvalue weighted by Gasteiger charge is 2.19. The van der Waals surface area contributed by atoms with Crippen LogP contribution in [0.4, 0.5) is 0 Å². The van der Waals surface area contributed by atoms with Gasteiger partial charge in [-0.3, -0.25) is 19.3 Å². The number of fused-ring (bicyclic) bond motifs is 1. The highest BCUT2D eigenvalue weighted by atomic mass is 35.5. The molecule has 3 aromatic heterocycles. The van der Waals surface area contributed by atoms with E-state index in [-0.39, 0.29) is 11.8 Å². The molecule has 0 saturated heterocycles. The van der Waals surface area contributed by atoms with Crippen molar-refractivity contribution in [3.8, 4) is 5.75 Å². The van der Waals surface area contributed by atoms with Crippen molar-refractivity contribution in [1.82, 2.24) is 24.6 Å². The molecule has 5 rings (SSSR count). The molecule has 0 aliphatic carbocycles. The molecule has 45 heavy (non-hydrogen) atoms. The van der Waals surface area contributed by atoms with Crippen molar-refractivity contribution in [3.05, 3.63) is 117 Å². The van der Waals surface area contributed by atoms with Crippen LogP contribution in [0.2, 0.25) is 5.02 Å². The predicted octanol–water partition coefficient (Wildman–Crippen LogP) is 7.12. The summed E-state index contributed by atoms with van der Waals surface area (Å²) in [6.07, 6.45) is 4.96. The van der Waals surface area contributed by atoms with Crippen LogP contribution in [0.1, 0.15) is 60.9 Å². The minimum atomic E-state index is -0.193. The van der Waals surface area contributed by atoms with E-state index < -0.39 is 0 Å². The van der Waals surface area contributed by atoms with Crippen LogP contribution < -0.4 is 14.8 Å². The number of aromatic nitrogens is 3.